The number of rotatable bonds is 4. The van der Waals surface area contributed by atoms with Crippen LogP contribution in [-0.4, -0.2) is 41.2 Å². The molecular formula is C18H26N2O2. The van der Waals surface area contributed by atoms with Crippen LogP contribution in [0, 0.1) is 12.8 Å². The Kier molecular flexibility index (Phi) is 5.58. The maximum Gasteiger partial charge on any atom is 0.242 e. The van der Waals surface area contributed by atoms with Crippen LogP contribution >= 0.6 is 0 Å². The highest BCUT2D eigenvalue weighted by molar-refractivity contribution is 5.83. The highest BCUT2D eigenvalue weighted by Gasteiger charge is 2.23. The van der Waals surface area contributed by atoms with E-state index in [0.29, 0.717) is 12.5 Å². The van der Waals surface area contributed by atoms with Gasteiger partial charge in [-0.05, 0) is 31.2 Å². The first-order valence-electron chi connectivity index (χ1n) is 8.04. The number of amides is 2. The summed E-state index contributed by atoms with van der Waals surface area (Å²) in [6.45, 7) is 8.04. The van der Waals surface area contributed by atoms with Crippen molar-refractivity contribution in [2.45, 2.75) is 40.2 Å². The molecule has 0 radical (unpaired) electrons. The molecule has 1 aromatic rings. The van der Waals surface area contributed by atoms with Gasteiger partial charge < -0.3 is 9.80 Å². The smallest absolute Gasteiger partial charge is 0.242 e. The number of likely N-dealkylation sites (tertiary alicyclic amines) is 1. The molecule has 2 rings (SSSR count). The van der Waals surface area contributed by atoms with Crippen molar-refractivity contribution >= 4 is 11.8 Å². The average molecular weight is 302 g/mol. The third kappa shape index (κ3) is 4.58. The number of benzene rings is 1. The second kappa shape index (κ2) is 7.43. The van der Waals surface area contributed by atoms with Gasteiger partial charge in [-0.25, -0.2) is 0 Å². The molecule has 0 bridgehead atoms. The van der Waals surface area contributed by atoms with Gasteiger partial charge in [0.05, 0.1) is 0 Å². The molecule has 1 aromatic carbocycles. The molecule has 4 nitrogen and oxygen atoms in total. The average Bonchev–Trinajstić information content (AvgIpc) is 2.48. The fourth-order valence-corrected chi connectivity index (χ4v) is 2.87. The van der Waals surface area contributed by atoms with E-state index in [0.717, 1.165) is 25.1 Å². The Morgan fingerprint density at radius 2 is 1.95 bits per heavy atom. The second-order valence-electron chi connectivity index (χ2n) is 6.45. The van der Waals surface area contributed by atoms with E-state index in [1.54, 1.807) is 4.90 Å². The Hall–Kier alpha value is -1.84. The standard InChI is InChI=1S/C18H26N2O2/c1-14-6-8-17(9-7-14)12-20(16(3)21)13-18(22)19-10-4-5-15(2)11-19/h6-9,15H,4-5,10-13H2,1-3H3. The molecule has 1 unspecified atom stereocenters. The predicted molar refractivity (Wildman–Crippen MR) is 87.2 cm³/mol. The van der Waals surface area contributed by atoms with Crippen LogP contribution in [0.5, 0.6) is 0 Å². The highest BCUT2D eigenvalue weighted by atomic mass is 16.2. The molecule has 1 heterocycles. The van der Waals surface area contributed by atoms with Gasteiger partial charge in [-0.1, -0.05) is 36.8 Å². The first kappa shape index (κ1) is 16.5. The molecule has 120 valence electrons. The van der Waals surface area contributed by atoms with Crippen molar-refractivity contribution in [2.75, 3.05) is 19.6 Å². The predicted octanol–water partition coefficient (Wildman–Crippen LogP) is 2.60. The fourth-order valence-electron chi connectivity index (χ4n) is 2.87. The van der Waals surface area contributed by atoms with E-state index < -0.39 is 0 Å². The van der Waals surface area contributed by atoms with Crippen molar-refractivity contribution in [3.63, 3.8) is 0 Å². The van der Waals surface area contributed by atoms with Crippen molar-refractivity contribution < 1.29 is 9.59 Å². The minimum absolute atomic E-state index is 0.0565. The number of hydrogen-bond donors (Lipinski definition) is 0. The first-order chi connectivity index (χ1) is 10.5. The Bertz CT molecular complexity index is 524. The minimum Gasteiger partial charge on any atom is -0.341 e. The molecule has 1 aliphatic heterocycles. The van der Waals surface area contributed by atoms with Gasteiger partial charge in [0.15, 0.2) is 0 Å². The van der Waals surface area contributed by atoms with Crippen LogP contribution in [0.25, 0.3) is 0 Å². The van der Waals surface area contributed by atoms with E-state index in [-0.39, 0.29) is 18.4 Å². The number of hydrogen-bond acceptors (Lipinski definition) is 2. The summed E-state index contributed by atoms with van der Waals surface area (Å²) < 4.78 is 0. The number of aryl methyl sites for hydroxylation is 1. The van der Waals surface area contributed by atoms with Crippen LogP contribution in [0.4, 0.5) is 0 Å². The minimum atomic E-state index is -0.0565. The topological polar surface area (TPSA) is 40.6 Å². The third-order valence-electron chi connectivity index (χ3n) is 4.28. The van der Waals surface area contributed by atoms with Gasteiger partial charge in [-0.2, -0.15) is 0 Å². The largest absolute Gasteiger partial charge is 0.341 e. The number of nitrogens with zero attached hydrogens (tertiary/aromatic N) is 2. The summed E-state index contributed by atoms with van der Waals surface area (Å²) in [6.07, 6.45) is 2.24. The maximum absolute atomic E-state index is 12.4. The molecule has 1 saturated heterocycles. The molecule has 0 saturated carbocycles. The molecule has 4 heteroatoms. The number of carbonyl (C=O) groups excluding carboxylic acids is 2. The Labute approximate surface area is 133 Å². The highest BCUT2D eigenvalue weighted by Crippen LogP contribution is 2.16. The van der Waals surface area contributed by atoms with Crippen LogP contribution < -0.4 is 0 Å². The Balaban J connectivity index is 1.97. The van der Waals surface area contributed by atoms with E-state index in [9.17, 15) is 9.59 Å². The number of carbonyl (C=O) groups is 2. The zero-order valence-electron chi connectivity index (χ0n) is 13.8. The molecule has 2 amide bonds. The molecule has 1 fully saturated rings. The Morgan fingerprint density at radius 3 is 2.55 bits per heavy atom. The van der Waals surface area contributed by atoms with Crippen LogP contribution in [0.15, 0.2) is 24.3 Å². The third-order valence-corrected chi connectivity index (χ3v) is 4.28. The molecule has 0 aliphatic carbocycles. The Morgan fingerprint density at radius 1 is 1.27 bits per heavy atom. The quantitative estimate of drug-likeness (QED) is 0.858. The molecule has 0 aromatic heterocycles. The van der Waals surface area contributed by atoms with Gasteiger partial charge in [0, 0.05) is 26.6 Å². The SMILES string of the molecule is CC(=O)N(CC(=O)N1CCCC(C)C1)Cc1ccc(C)cc1. The summed E-state index contributed by atoms with van der Waals surface area (Å²) in [5.74, 6) is 0.563. The summed E-state index contributed by atoms with van der Waals surface area (Å²) in [6, 6.07) is 8.08. The lowest BCUT2D eigenvalue weighted by atomic mass is 10.0. The van der Waals surface area contributed by atoms with Crippen LogP contribution in [0.1, 0.15) is 37.8 Å². The lowest BCUT2D eigenvalue weighted by molar-refractivity contribution is -0.140. The van der Waals surface area contributed by atoms with Crippen molar-refractivity contribution in [1.82, 2.24) is 9.80 Å². The van der Waals surface area contributed by atoms with Gasteiger partial charge in [0.25, 0.3) is 0 Å². The fraction of sp³-hybridized carbons (Fsp3) is 0.556. The lowest BCUT2D eigenvalue weighted by Crippen LogP contribution is -2.45. The van der Waals surface area contributed by atoms with E-state index >= 15 is 0 Å². The van der Waals surface area contributed by atoms with E-state index in [1.807, 2.05) is 36.1 Å². The lowest BCUT2D eigenvalue weighted by Gasteiger charge is -2.32. The van der Waals surface area contributed by atoms with Gasteiger partial charge in [0.1, 0.15) is 6.54 Å². The van der Waals surface area contributed by atoms with Gasteiger partial charge >= 0.3 is 0 Å². The van der Waals surface area contributed by atoms with Crippen LogP contribution in [-0.2, 0) is 16.1 Å². The first-order valence-corrected chi connectivity index (χ1v) is 8.04. The molecule has 1 atom stereocenters. The molecule has 1 aliphatic rings. The molecule has 0 N–H and O–H groups in total. The monoisotopic (exact) mass is 302 g/mol. The summed E-state index contributed by atoms with van der Waals surface area (Å²) >= 11 is 0. The number of piperidine rings is 1. The zero-order chi connectivity index (χ0) is 16.1. The van der Waals surface area contributed by atoms with Crippen molar-refractivity contribution in [1.29, 1.82) is 0 Å². The van der Waals surface area contributed by atoms with Gasteiger partial charge in [-0.15, -0.1) is 0 Å². The van der Waals surface area contributed by atoms with Gasteiger partial charge in [0.2, 0.25) is 11.8 Å². The molecule has 22 heavy (non-hydrogen) atoms. The summed E-state index contributed by atoms with van der Waals surface area (Å²) in [5, 5.41) is 0. The van der Waals surface area contributed by atoms with Crippen LogP contribution in [0.2, 0.25) is 0 Å². The zero-order valence-corrected chi connectivity index (χ0v) is 13.8. The normalized spacial score (nSPS) is 18.1. The van der Waals surface area contributed by atoms with Crippen molar-refractivity contribution in [2.24, 2.45) is 5.92 Å². The molecule has 0 spiro atoms. The van der Waals surface area contributed by atoms with E-state index in [4.69, 9.17) is 0 Å². The summed E-state index contributed by atoms with van der Waals surface area (Å²) in [7, 11) is 0. The second-order valence-corrected chi connectivity index (χ2v) is 6.45. The summed E-state index contributed by atoms with van der Waals surface area (Å²) in [5.41, 5.74) is 2.25. The van der Waals surface area contributed by atoms with E-state index in [2.05, 4.69) is 6.92 Å². The van der Waals surface area contributed by atoms with E-state index in [1.165, 1.54) is 18.9 Å². The van der Waals surface area contributed by atoms with Crippen molar-refractivity contribution in [3.05, 3.63) is 35.4 Å². The van der Waals surface area contributed by atoms with Crippen molar-refractivity contribution in [3.8, 4) is 0 Å². The summed E-state index contributed by atoms with van der Waals surface area (Å²) in [4.78, 5) is 27.8. The van der Waals surface area contributed by atoms with Gasteiger partial charge in [-0.3, -0.25) is 9.59 Å². The molecular weight excluding hydrogens is 276 g/mol. The maximum atomic E-state index is 12.4. The van der Waals surface area contributed by atoms with Crippen LogP contribution in [0.3, 0.4) is 0 Å².